The molecule has 2 N–H and O–H groups in total. The van der Waals surface area contributed by atoms with Crippen LogP contribution in [-0.2, 0) is 9.59 Å². The van der Waals surface area contributed by atoms with Gasteiger partial charge in [0.1, 0.15) is 0 Å². The summed E-state index contributed by atoms with van der Waals surface area (Å²) in [5.74, 6) is 0.843. The Balaban J connectivity index is 1.36. The minimum absolute atomic E-state index is 0.0785. The number of nitrogens with zero attached hydrogens (tertiary/aromatic N) is 3. The van der Waals surface area contributed by atoms with Crippen LogP contribution in [0.25, 0.3) is 0 Å². The highest BCUT2D eigenvalue weighted by Gasteiger charge is 2.26. The quantitative estimate of drug-likeness (QED) is 0.846. The van der Waals surface area contributed by atoms with Gasteiger partial charge in [0.2, 0.25) is 11.8 Å². The first-order chi connectivity index (χ1) is 12.2. The first-order valence-corrected chi connectivity index (χ1v) is 9.31. The van der Waals surface area contributed by atoms with Crippen LogP contribution >= 0.6 is 0 Å². The minimum atomic E-state index is -0.0785. The maximum atomic E-state index is 12.3. The summed E-state index contributed by atoms with van der Waals surface area (Å²) in [5.41, 5.74) is 0. The van der Waals surface area contributed by atoms with Gasteiger partial charge >= 0.3 is 0 Å². The Labute approximate surface area is 148 Å². The van der Waals surface area contributed by atoms with Gasteiger partial charge in [-0.3, -0.25) is 14.5 Å². The molecule has 2 heterocycles. The lowest BCUT2D eigenvalue weighted by molar-refractivity contribution is -0.127. The smallest absolute Gasteiger partial charge is 0.239 e. The fraction of sp³-hybridized carbons (Fsp3) is 0.667. The molecule has 7 nitrogen and oxygen atoms in total. The maximum absolute atomic E-state index is 12.3. The number of anilines is 1. The summed E-state index contributed by atoms with van der Waals surface area (Å²) in [5, 5.41) is 13.6. The molecule has 1 aliphatic carbocycles. The van der Waals surface area contributed by atoms with Gasteiger partial charge < -0.3 is 10.6 Å². The highest BCUT2D eigenvalue weighted by atomic mass is 16.2. The molecule has 1 aliphatic heterocycles. The zero-order chi connectivity index (χ0) is 17.5. The summed E-state index contributed by atoms with van der Waals surface area (Å²) < 4.78 is 0. The summed E-state index contributed by atoms with van der Waals surface area (Å²) >= 11 is 0. The van der Waals surface area contributed by atoms with Crippen LogP contribution in [0.4, 0.5) is 5.82 Å². The maximum Gasteiger partial charge on any atom is 0.239 e. The molecule has 7 heteroatoms. The van der Waals surface area contributed by atoms with Crippen LogP contribution in [0, 0.1) is 5.92 Å². The first kappa shape index (κ1) is 17.8. The molecule has 2 aliphatic rings. The lowest BCUT2D eigenvalue weighted by Crippen LogP contribution is -2.48. The number of likely N-dealkylation sites (tertiary alicyclic amines) is 1. The molecule has 1 aromatic rings. The molecule has 2 fully saturated rings. The van der Waals surface area contributed by atoms with Gasteiger partial charge in [-0.15, -0.1) is 5.10 Å². The highest BCUT2D eigenvalue weighted by molar-refractivity contribution is 5.91. The topological polar surface area (TPSA) is 87.2 Å². The zero-order valence-electron chi connectivity index (χ0n) is 14.6. The number of piperidine rings is 1. The number of carbonyl (C=O) groups is 2. The molecule has 0 spiro atoms. The summed E-state index contributed by atoms with van der Waals surface area (Å²) in [7, 11) is 0. The van der Waals surface area contributed by atoms with E-state index in [1.807, 2.05) is 0 Å². The number of hydrogen-bond acceptors (Lipinski definition) is 5. The highest BCUT2D eigenvalue weighted by Crippen LogP contribution is 2.24. The third kappa shape index (κ3) is 5.49. The molecule has 2 amide bonds. The monoisotopic (exact) mass is 345 g/mol. The normalized spacial score (nSPS) is 20.2. The van der Waals surface area contributed by atoms with Crippen molar-refractivity contribution in [3.8, 4) is 0 Å². The number of aromatic nitrogens is 2. The van der Waals surface area contributed by atoms with E-state index < -0.39 is 0 Å². The Hall–Kier alpha value is -2.02. The third-order valence-corrected chi connectivity index (χ3v) is 5.12. The van der Waals surface area contributed by atoms with Crippen molar-refractivity contribution in [2.75, 3.05) is 25.0 Å². The number of amides is 2. The molecule has 0 aromatic carbocycles. The molecule has 1 aromatic heterocycles. The standard InChI is InChI=1S/C18H27N5O2/c24-17(21-16-7-4-10-19-22-16)13-23-11-8-15(9-12-23)20-18(25)14-5-2-1-3-6-14/h4,7,10,14-15H,1-3,5-6,8-9,11-13H2,(H,20,25)(H,21,22,24). The first-order valence-electron chi connectivity index (χ1n) is 9.31. The van der Waals surface area contributed by atoms with Gasteiger partial charge in [-0.05, 0) is 37.8 Å². The van der Waals surface area contributed by atoms with Crippen LogP contribution in [0.5, 0.6) is 0 Å². The van der Waals surface area contributed by atoms with Crippen molar-refractivity contribution in [2.24, 2.45) is 5.92 Å². The van der Waals surface area contributed by atoms with Gasteiger partial charge in [-0.2, -0.15) is 5.10 Å². The lowest BCUT2D eigenvalue weighted by Gasteiger charge is -2.33. The molecule has 1 saturated carbocycles. The van der Waals surface area contributed by atoms with Crippen LogP contribution in [0.2, 0.25) is 0 Å². The number of rotatable bonds is 5. The van der Waals surface area contributed by atoms with Gasteiger partial charge in [-0.25, -0.2) is 0 Å². The van der Waals surface area contributed by atoms with Crippen LogP contribution < -0.4 is 10.6 Å². The summed E-state index contributed by atoms with van der Waals surface area (Å²) in [4.78, 5) is 26.5. The summed E-state index contributed by atoms with van der Waals surface area (Å²) in [6.45, 7) is 1.99. The molecule has 0 atom stereocenters. The molecule has 1 saturated heterocycles. The molecule has 136 valence electrons. The zero-order valence-corrected chi connectivity index (χ0v) is 14.6. The van der Waals surface area contributed by atoms with Crippen molar-refractivity contribution in [2.45, 2.75) is 51.0 Å². The molecular formula is C18H27N5O2. The van der Waals surface area contributed by atoms with Gasteiger partial charge in [0.05, 0.1) is 6.54 Å². The van der Waals surface area contributed by atoms with E-state index in [9.17, 15) is 9.59 Å². The van der Waals surface area contributed by atoms with Crippen LogP contribution in [0.15, 0.2) is 18.3 Å². The van der Waals surface area contributed by atoms with Gasteiger partial charge in [0.15, 0.2) is 5.82 Å². The fourth-order valence-corrected chi connectivity index (χ4v) is 3.67. The molecule has 0 unspecified atom stereocenters. The molecule has 0 radical (unpaired) electrons. The van der Waals surface area contributed by atoms with Crippen molar-refractivity contribution in [1.82, 2.24) is 20.4 Å². The second-order valence-electron chi connectivity index (χ2n) is 7.05. The third-order valence-electron chi connectivity index (χ3n) is 5.12. The summed E-state index contributed by atoms with van der Waals surface area (Å²) in [6.07, 6.45) is 9.06. The van der Waals surface area contributed by atoms with Gasteiger partial charge in [0, 0.05) is 31.2 Å². The van der Waals surface area contributed by atoms with E-state index in [-0.39, 0.29) is 23.8 Å². The Morgan fingerprint density at radius 1 is 1.12 bits per heavy atom. The van der Waals surface area contributed by atoms with E-state index in [2.05, 4.69) is 25.7 Å². The largest absolute Gasteiger partial charge is 0.353 e. The minimum Gasteiger partial charge on any atom is -0.353 e. The SMILES string of the molecule is O=C(CN1CCC(NC(=O)C2CCCCC2)CC1)Nc1cccnn1. The van der Waals surface area contributed by atoms with Crippen LogP contribution in [0.1, 0.15) is 44.9 Å². The predicted molar refractivity (Wildman–Crippen MR) is 94.8 cm³/mol. The Morgan fingerprint density at radius 2 is 1.88 bits per heavy atom. The molecule has 3 rings (SSSR count). The Kier molecular flexibility index (Phi) is 6.33. The Morgan fingerprint density at radius 3 is 2.56 bits per heavy atom. The van der Waals surface area contributed by atoms with E-state index in [0.717, 1.165) is 38.8 Å². The van der Waals surface area contributed by atoms with E-state index in [0.29, 0.717) is 12.4 Å². The van der Waals surface area contributed by atoms with Crippen molar-refractivity contribution >= 4 is 17.6 Å². The average molecular weight is 345 g/mol. The van der Waals surface area contributed by atoms with E-state index in [1.54, 1.807) is 18.3 Å². The molecule has 0 bridgehead atoms. The van der Waals surface area contributed by atoms with Crippen molar-refractivity contribution in [3.05, 3.63) is 18.3 Å². The van der Waals surface area contributed by atoms with E-state index in [4.69, 9.17) is 0 Å². The number of hydrogen-bond donors (Lipinski definition) is 2. The van der Waals surface area contributed by atoms with Crippen molar-refractivity contribution < 1.29 is 9.59 Å². The predicted octanol–water partition coefficient (Wildman–Crippen LogP) is 1.58. The van der Waals surface area contributed by atoms with Crippen molar-refractivity contribution in [1.29, 1.82) is 0 Å². The Bertz CT molecular complexity index is 566. The van der Waals surface area contributed by atoms with Gasteiger partial charge in [-0.1, -0.05) is 19.3 Å². The van der Waals surface area contributed by atoms with Gasteiger partial charge in [0.25, 0.3) is 0 Å². The second-order valence-corrected chi connectivity index (χ2v) is 7.05. The number of nitrogens with one attached hydrogen (secondary N) is 2. The molecule has 25 heavy (non-hydrogen) atoms. The summed E-state index contributed by atoms with van der Waals surface area (Å²) in [6, 6.07) is 3.70. The number of carbonyl (C=O) groups excluding carboxylic acids is 2. The van der Waals surface area contributed by atoms with E-state index in [1.165, 1.54) is 19.3 Å². The van der Waals surface area contributed by atoms with Crippen molar-refractivity contribution in [3.63, 3.8) is 0 Å². The lowest BCUT2D eigenvalue weighted by atomic mass is 9.88. The molecular weight excluding hydrogens is 318 g/mol. The van der Waals surface area contributed by atoms with Crippen LogP contribution in [0.3, 0.4) is 0 Å². The second kappa shape index (κ2) is 8.89. The fourth-order valence-electron chi connectivity index (χ4n) is 3.67. The average Bonchev–Trinajstić information content (AvgIpc) is 2.65. The van der Waals surface area contributed by atoms with E-state index >= 15 is 0 Å². The van der Waals surface area contributed by atoms with Crippen LogP contribution in [-0.4, -0.2) is 52.6 Å².